The second-order valence-electron chi connectivity index (χ2n) is 6.90. The lowest BCUT2D eigenvalue weighted by atomic mass is 10.1. The van der Waals surface area contributed by atoms with E-state index in [0.29, 0.717) is 10.8 Å². The number of alkyl halides is 3. The van der Waals surface area contributed by atoms with E-state index in [1.807, 2.05) is 0 Å². The van der Waals surface area contributed by atoms with E-state index in [1.54, 1.807) is 6.07 Å². The van der Waals surface area contributed by atoms with E-state index in [1.165, 1.54) is 29.3 Å². The number of hydrogen-bond donors (Lipinski definition) is 2. The number of urea groups is 1. The highest BCUT2D eigenvalue weighted by Crippen LogP contribution is 2.32. The molecule has 2 aromatic rings. The van der Waals surface area contributed by atoms with Crippen molar-refractivity contribution in [2.24, 2.45) is 5.92 Å². The van der Waals surface area contributed by atoms with Gasteiger partial charge in [-0.2, -0.15) is 0 Å². The molecule has 7 nitrogen and oxygen atoms in total. The molecule has 1 fully saturated rings. The summed E-state index contributed by atoms with van der Waals surface area (Å²) >= 11 is 2.21. The third-order valence-corrected chi connectivity index (χ3v) is 6.65. The fourth-order valence-electron chi connectivity index (χ4n) is 3.28. The van der Waals surface area contributed by atoms with Gasteiger partial charge in [0.25, 0.3) is 0 Å². The highest BCUT2D eigenvalue weighted by atomic mass is 32.2. The number of rotatable bonds is 8. The first kappa shape index (κ1) is 23.2. The van der Waals surface area contributed by atoms with Crippen LogP contribution in [0.1, 0.15) is 25.7 Å². The quantitative estimate of drug-likeness (QED) is 0.494. The van der Waals surface area contributed by atoms with Gasteiger partial charge in [0.05, 0.1) is 16.2 Å². The summed E-state index contributed by atoms with van der Waals surface area (Å²) in [6, 6.07) is 4.77. The number of anilines is 2. The first-order valence-electron chi connectivity index (χ1n) is 9.44. The maximum Gasteiger partial charge on any atom is 0.573 e. The zero-order valence-corrected chi connectivity index (χ0v) is 17.9. The zero-order valence-electron chi connectivity index (χ0n) is 16.2. The number of nitrogens with zero attached hydrogens (tertiary/aromatic N) is 2. The van der Waals surface area contributed by atoms with Gasteiger partial charge in [-0.05, 0) is 30.9 Å². The van der Waals surface area contributed by atoms with E-state index in [0.717, 1.165) is 48.8 Å². The molecule has 2 amide bonds. The molecule has 0 aliphatic heterocycles. The van der Waals surface area contributed by atoms with Gasteiger partial charge in [0.1, 0.15) is 5.75 Å². The number of thiazole rings is 1. The Labute approximate surface area is 184 Å². The second kappa shape index (κ2) is 10.2. The second-order valence-corrected chi connectivity index (χ2v) is 9.21. The summed E-state index contributed by atoms with van der Waals surface area (Å²) in [4.78, 5) is 29.2. The van der Waals surface area contributed by atoms with Crippen molar-refractivity contribution >= 4 is 45.9 Å². The molecule has 12 heteroatoms. The van der Waals surface area contributed by atoms with Crippen molar-refractivity contribution < 1.29 is 32.6 Å². The van der Waals surface area contributed by atoms with E-state index in [2.05, 4.69) is 15.0 Å². The number of aliphatic carboxylic acids is 1. The van der Waals surface area contributed by atoms with E-state index in [4.69, 9.17) is 5.11 Å². The van der Waals surface area contributed by atoms with Gasteiger partial charge in [-0.25, -0.2) is 9.78 Å². The van der Waals surface area contributed by atoms with Crippen LogP contribution in [0.4, 0.5) is 28.8 Å². The number of amides is 2. The molecule has 1 aliphatic carbocycles. The number of carbonyl (C=O) groups is 2. The maximum atomic E-state index is 13.0. The molecule has 1 aromatic carbocycles. The molecule has 1 saturated carbocycles. The summed E-state index contributed by atoms with van der Waals surface area (Å²) in [5.74, 6) is -1.26. The molecular formula is C19H20F3N3O4S2. The molecule has 168 valence electrons. The van der Waals surface area contributed by atoms with Gasteiger partial charge in [0.2, 0.25) is 0 Å². The predicted molar refractivity (Wildman–Crippen MR) is 112 cm³/mol. The number of aromatic nitrogens is 1. The smallest absolute Gasteiger partial charge is 0.481 e. The number of hydrogen-bond acceptors (Lipinski definition) is 6. The average Bonchev–Trinajstić information content (AvgIpc) is 3.35. The standard InChI is InChI=1S/C19H20F3N3O4S2/c20-19(21,22)29-14-7-3-6-13(8-14)25(10-12-4-1-2-5-12)18(28)24-17-23-9-16(31-17)30-11-15(26)27/h3,6-9,12H,1-2,4-5,10-11H2,(H,26,27)(H,23,24,28). The van der Waals surface area contributed by atoms with Crippen LogP contribution in [0.3, 0.4) is 0 Å². The largest absolute Gasteiger partial charge is 0.573 e. The molecule has 0 unspecified atom stereocenters. The Hall–Kier alpha value is -2.47. The fourth-order valence-corrected chi connectivity index (χ4v) is 4.86. The Bertz CT molecular complexity index is 917. The number of nitrogens with one attached hydrogen (secondary N) is 1. The minimum atomic E-state index is -4.83. The summed E-state index contributed by atoms with van der Waals surface area (Å²) in [5.41, 5.74) is 0.281. The number of ether oxygens (including phenoxy) is 1. The minimum Gasteiger partial charge on any atom is -0.481 e. The normalized spacial score (nSPS) is 14.4. The summed E-state index contributed by atoms with van der Waals surface area (Å²) in [6.45, 7) is 0.354. The van der Waals surface area contributed by atoms with Gasteiger partial charge >= 0.3 is 18.4 Å². The topological polar surface area (TPSA) is 91.8 Å². The van der Waals surface area contributed by atoms with Crippen LogP contribution in [0, 0.1) is 5.92 Å². The van der Waals surface area contributed by atoms with Crippen molar-refractivity contribution in [3.05, 3.63) is 30.5 Å². The molecule has 31 heavy (non-hydrogen) atoms. The molecule has 0 atom stereocenters. The Kier molecular flexibility index (Phi) is 7.65. The number of thioether (sulfide) groups is 1. The van der Waals surface area contributed by atoms with Crippen LogP contribution in [-0.4, -0.2) is 40.8 Å². The van der Waals surface area contributed by atoms with Crippen molar-refractivity contribution in [3.63, 3.8) is 0 Å². The first-order valence-corrected chi connectivity index (χ1v) is 11.2. The molecule has 3 rings (SSSR count). The lowest BCUT2D eigenvalue weighted by Gasteiger charge is -2.26. The van der Waals surface area contributed by atoms with Crippen LogP contribution in [-0.2, 0) is 4.79 Å². The van der Waals surface area contributed by atoms with E-state index < -0.39 is 24.1 Å². The van der Waals surface area contributed by atoms with Gasteiger partial charge in [0, 0.05) is 18.3 Å². The molecular weight excluding hydrogens is 455 g/mol. The third-order valence-electron chi connectivity index (χ3n) is 4.56. The highest BCUT2D eigenvalue weighted by molar-refractivity contribution is 8.01. The average molecular weight is 476 g/mol. The van der Waals surface area contributed by atoms with Crippen LogP contribution in [0.2, 0.25) is 0 Å². The van der Waals surface area contributed by atoms with Crippen LogP contribution >= 0.6 is 23.1 Å². The molecule has 2 N–H and O–H groups in total. The molecule has 1 heterocycles. The van der Waals surface area contributed by atoms with Crippen molar-refractivity contribution in [2.75, 3.05) is 22.5 Å². The molecule has 0 spiro atoms. The van der Waals surface area contributed by atoms with Gasteiger partial charge in [-0.15, -0.1) is 24.9 Å². The Balaban J connectivity index is 1.76. The molecule has 1 aliphatic rings. The predicted octanol–water partition coefficient (Wildman–Crippen LogP) is 5.45. The number of halogens is 3. The van der Waals surface area contributed by atoms with Crippen LogP contribution in [0.5, 0.6) is 5.75 Å². The van der Waals surface area contributed by atoms with Crippen LogP contribution in [0.15, 0.2) is 34.7 Å². The number of carboxylic acid groups (broad SMARTS) is 1. The maximum absolute atomic E-state index is 13.0. The van der Waals surface area contributed by atoms with Gasteiger partial charge in [-0.1, -0.05) is 30.2 Å². The van der Waals surface area contributed by atoms with Crippen LogP contribution in [0.25, 0.3) is 0 Å². The molecule has 0 radical (unpaired) electrons. The lowest BCUT2D eigenvalue weighted by molar-refractivity contribution is -0.274. The molecule has 0 bridgehead atoms. The lowest BCUT2D eigenvalue weighted by Crippen LogP contribution is -2.38. The van der Waals surface area contributed by atoms with Crippen molar-refractivity contribution in [1.29, 1.82) is 0 Å². The number of carboxylic acids is 1. The third kappa shape index (κ3) is 7.31. The Morgan fingerprint density at radius 3 is 2.74 bits per heavy atom. The van der Waals surface area contributed by atoms with Gasteiger partial charge < -0.3 is 9.84 Å². The zero-order chi connectivity index (χ0) is 22.4. The number of carbonyl (C=O) groups excluding carboxylic acids is 1. The van der Waals surface area contributed by atoms with Crippen molar-refractivity contribution in [3.8, 4) is 5.75 Å². The van der Waals surface area contributed by atoms with Crippen molar-refractivity contribution in [1.82, 2.24) is 4.98 Å². The van der Waals surface area contributed by atoms with E-state index in [9.17, 15) is 22.8 Å². The van der Waals surface area contributed by atoms with E-state index >= 15 is 0 Å². The van der Waals surface area contributed by atoms with Gasteiger partial charge in [0.15, 0.2) is 5.13 Å². The summed E-state index contributed by atoms with van der Waals surface area (Å²) in [7, 11) is 0. The fraction of sp³-hybridized carbons (Fsp3) is 0.421. The highest BCUT2D eigenvalue weighted by Gasteiger charge is 2.31. The Morgan fingerprint density at radius 2 is 2.06 bits per heavy atom. The first-order chi connectivity index (χ1) is 14.7. The summed E-state index contributed by atoms with van der Waals surface area (Å²) in [5, 5.41) is 11.7. The molecule has 1 aromatic heterocycles. The SMILES string of the molecule is O=C(O)CSc1cnc(NC(=O)N(CC2CCCC2)c2cccc(OC(F)(F)F)c2)s1. The number of benzene rings is 1. The summed E-state index contributed by atoms with van der Waals surface area (Å²) in [6.07, 6.45) is 0.614. The van der Waals surface area contributed by atoms with E-state index in [-0.39, 0.29) is 22.5 Å². The van der Waals surface area contributed by atoms with Gasteiger partial charge in [-0.3, -0.25) is 15.0 Å². The monoisotopic (exact) mass is 475 g/mol. The molecule has 0 saturated heterocycles. The van der Waals surface area contributed by atoms with Crippen molar-refractivity contribution in [2.45, 2.75) is 36.3 Å². The van der Waals surface area contributed by atoms with Crippen LogP contribution < -0.4 is 15.0 Å². The minimum absolute atomic E-state index is 0.130. The Morgan fingerprint density at radius 1 is 1.32 bits per heavy atom. The summed E-state index contributed by atoms with van der Waals surface area (Å²) < 4.78 is 42.4.